The minimum Gasteiger partial charge on any atom is -0.462 e. The SMILES string of the molecule is CCOC(=O)c1ccc(C)c(NC(=O)CN(c2ccc(C)c(Cl)c2)S(C)(=O)=O)c1. The first-order valence-corrected chi connectivity index (χ1v) is 11.1. The number of nitrogens with one attached hydrogen (secondary N) is 1. The van der Waals surface area contributed by atoms with Gasteiger partial charge in [0.1, 0.15) is 6.54 Å². The van der Waals surface area contributed by atoms with Crippen molar-refractivity contribution in [2.75, 3.05) is 29.0 Å². The lowest BCUT2D eigenvalue weighted by Gasteiger charge is -2.22. The van der Waals surface area contributed by atoms with E-state index in [4.69, 9.17) is 16.3 Å². The van der Waals surface area contributed by atoms with Crippen molar-refractivity contribution in [3.8, 4) is 0 Å². The smallest absolute Gasteiger partial charge is 0.338 e. The first-order chi connectivity index (χ1) is 13.5. The van der Waals surface area contributed by atoms with Gasteiger partial charge < -0.3 is 10.1 Å². The molecule has 156 valence electrons. The fraction of sp³-hybridized carbons (Fsp3) is 0.300. The zero-order chi connectivity index (χ0) is 21.8. The van der Waals surface area contributed by atoms with E-state index in [9.17, 15) is 18.0 Å². The number of rotatable bonds is 7. The number of nitrogens with zero attached hydrogens (tertiary/aromatic N) is 1. The lowest BCUT2D eigenvalue weighted by molar-refractivity contribution is -0.114. The Kier molecular flexibility index (Phi) is 7.26. The first kappa shape index (κ1) is 22.7. The van der Waals surface area contributed by atoms with Crippen LogP contribution in [0.2, 0.25) is 5.02 Å². The number of anilines is 2. The molecule has 1 N–H and O–H groups in total. The number of sulfonamides is 1. The Balaban J connectivity index is 2.26. The van der Waals surface area contributed by atoms with Gasteiger partial charge in [0.15, 0.2) is 0 Å². The van der Waals surface area contributed by atoms with Crippen LogP contribution < -0.4 is 9.62 Å². The molecule has 2 aromatic rings. The largest absolute Gasteiger partial charge is 0.462 e. The van der Waals surface area contributed by atoms with Crippen LogP contribution >= 0.6 is 11.6 Å². The van der Waals surface area contributed by atoms with Crippen molar-refractivity contribution in [1.29, 1.82) is 0 Å². The number of benzene rings is 2. The van der Waals surface area contributed by atoms with Crippen molar-refractivity contribution in [3.05, 3.63) is 58.1 Å². The van der Waals surface area contributed by atoms with Gasteiger partial charge >= 0.3 is 5.97 Å². The van der Waals surface area contributed by atoms with Crippen molar-refractivity contribution in [2.45, 2.75) is 20.8 Å². The van der Waals surface area contributed by atoms with Gasteiger partial charge in [-0.15, -0.1) is 0 Å². The predicted molar refractivity (Wildman–Crippen MR) is 114 cm³/mol. The number of amides is 1. The molecular weight excluding hydrogens is 416 g/mol. The number of hydrogen-bond acceptors (Lipinski definition) is 5. The molecule has 9 heteroatoms. The van der Waals surface area contributed by atoms with E-state index in [0.717, 1.165) is 21.7 Å². The first-order valence-electron chi connectivity index (χ1n) is 8.84. The molecule has 29 heavy (non-hydrogen) atoms. The number of carbonyl (C=O) groups is 2. The maximum absolute atomic E-state index is 12.6. The van der Waals surface area contributed by atoms with Crippen LogP contribution in [0.25, 0.3) is 0 Å². The van der Waals surface area contributed by atoms with Gasteiger partial charge in [-0.25, -0.2) is 13.2 Å². The Morgan fingerprint density at radius 1 is 1.10 bits per heavy atom. The van der Waals surface area contributed by atoms with Crippen LogP contribution in [0.5, 0.6) is 0 Å². The second-order valence-electron chi connectivity index (χ2n) is 6.50. The number of esters is 1. The van der Waals surface area contributed by atoms with Crippen molar-refractivity contribution in [3.63, 3.8) is 0 Å². The summed E-state index contributed by atoms with van der Waals surface area (Å²) in [5, 5.41) is 3.06. The van der Waals surface area contributed by atoms with Crippen molar-refractivity contribution < 1.29 is 22.7 Å². The summed E-state index contributed by atoms with van der Waals surface area (Å²) >= 11 is 6.10. The van der Waals surface area contributed by atoms with Crippen LogP contribution in [0.3, 0.4) is 0 Å². The maximum Gasteiger partial charge on any atom is 0.338 e. The molecule has 2 aromatic carbocycles. The summed E-state index contributed by atoms with van der Waals surface area (Å²) < 4.78 is 30.4. The molecule has 0 heterocycles. The lowest BCUT2D eigenvalue weighted by atomic mass is 10.1. The third kappa shape index (κ3) is 5.95. The summed E-state index contributed by atoms with van der Waals surface area (Å²) in [6, 6.07) is 9.54. The van der Waals surface area contributed by atoms with E-state index in [-0.39, 0.29) is 17.9 Å². The summed E-state index contributed by atoms with van der Waals surface area (Å²) in [4.78, 5) is 24.5. The van der Waals surface area contributed by atoms with Crippen LogP contribution in [-0.2, 0) is 19.6 Å². The zero-order valence-corrected chi connectivity index (χ0v) is 18.2. The molecule has 0 atom stereocenters. The maximum atomic E-state index is 12.6. The molecule has 0 fully saturated rings. The van der Waals surface area contributed by atoms with Crippen LogP contribution in [0.15, 0.2) is 36.4 Å². The molecule has 0 aliphatic heterocycles. The highest BCUT2D eigenvalue weighted by Gasteiger charge is 2.22. The van der Waals surface area contributed by atoms with E-state index in [0.29, 0.717) is 10.7 Å². The molecule has 0 spiro atoms. The van der Waals surface area contributed by atoms with Gasteiger partial charge in [-0.05, 0) is 56.2 Å². The molecule has 0 saturated carbocycles. The summed E-state index contributed by atoms with van der Waals surface area (Å²) in [6.45, 7) is 5.05. The predicted octanol–water partition coefficient (Wildman–Crippen LogP) is 3.54. The highest BCUT2D eigenvalue weighted by molar-refractivity contribution is 7.92. The van der Waals surface area contributed by atoms with Gasteiger partial charge in [0.05, 0.1) is 24.1 Å². The summed E-state index contributed by atoms with van der Waals surface area (Å²) in [5.74, 6) is -1.06. The second-order valence-corrected chi connectivity index (χ2v) is 8.82. The van der Waals surface area contributed by atoms with Crippen LogP contribution in [0.1, 0.15) is 28.4 Å². The lowest BCUT2D eigenvalue weighted by Crippen LogP contribution is -2.37. The molecule has 2 rings (SSSR count). The van der Waals surface area contributed by atoms with E-state index in [2.05, 4.69) is 5.32 Å². The Labute approximate surface area is 175 Å². The fourth-order valence-corrected chi connectivity index (χ4v) is 3.58. The molecule has 0 unspecified atom stereocenters. The molecule has 7 nitrogen and oxygen atoms in total. The van der Waals surface area contributed by atoms with Gasteiger partial charge in [-0.3, -0.25) is 9.10 Å². The molecule has 0 aromatic heterocycles. The molecule has 1 amide bonds. The average Bonchev–Trinajstić information content (AvgIpc) is 2.63. The third-order valence-corrected chi connectivity index (χ3v) is 5.70. The number of halogens is 1. The summed E-state index contributed by atoms with van der Waals surface area (Å²) in [6.07, 6.45) is 1.01. The van der Waals surface area contributed by atoms with E-state index in [1.54, 1.807) is 45.0 Å². The number of ether oxygens (including phenoxy) is 1. The van der Waals surface area contributed by atoms with E-state index in [1.165, 1.54) is 12.1 Å². The summed E-state index contributed by atoms with van der Waals surface area (Å²) in [5.41, 5.74) is 2.49. The molecule has 0 radical (unpaired) electrons. The van der Waals surface area contributed by atoms with Gasteiger partial charge in [0.25, 0.3) is 0 Å². The molecule has 0 bridgehead atoms. The third-order valence-electron chi connectivity index (χ3n) is 4.15. The van der Waals surface area contributed by atoms with E-state index < -0.39 is 28.4 Å². The van der Waals surface area contributed by atoms with Gasteiger partial charge in [0.2, 0.25) is 15.9 Å². The highest BCUT2D eigenvalue weighted by atomic mass is 35.5. The van der Waals surface area contributed by atoms with Gasteiger partial charge in [0, 0.05) is 10.7 Å². The fourth-order valence-electron chi connectivity index (χ4n) is 2.56. The van der Waals surface area contributed by atoms with Crippen molar-refractivity contribution >= 4 is 44.9 Å². The Morgan fingerprint density at radius 3 is 2.34 bits per heavy atom. The number of aryl methyl sites for hydroxylation is 2. The van der Waals surface area contributed by atoms with Gasteiger partial charge in [-0.2, -0.15) is 0 Å². The average molecular weight is 439 g/mol. The minimum atomic E-state index is -3.73. The minimum absolute atomic E-state index is 0.233. The zero-order valence-electron chi connectivity index (χ0n) is 16.7. The van der Waals surface area contributed by atoms with Crippen molar-refractivity contribution in [2.24, 2.45) is 0 Å². The standard InChI is InChI=1S/C20H23ClN2O5S/c1-5-28-20(25)15-8-6-14(3)18(10-15)22-19(24)12-23(29(4,26)27)16-9-7-13(2)17(21)11-16/h6-11H,5,12H2,1-4H3,(H,22,24). The number of carbonyl (C=O) groups excluding carboxylic acids is 2. The van der Waals surface area contributed by atoms with E-state index in [1.807, 2.05) is 0 Å². The molecule has 0 aliphatic rings. The van der Waals surface area contributed by atoms with Crippen LogP contribution in [-0.4, -0.2) is 39.7 Å². The van der Waals surface area contributed by atoms with Crippen LogP contribution in [0.4, 0.5) is 11.4 Å². The quantitative estimate of drug-likeness (QED) is 0.667. The molecular formula is C20H23ClN2O5S. The highest BCUT2D eigenvalue weighted by Crippen LogP contribution is 2.25. The Morgan fingerprint density at radius 2 is 1.76 bits per heavy atom. The Hall–Kier alpha value is -2.58. The van der Waals surface area contributed by atoms with E-state index >= 15 is 0 Å². The topological polar surface area (TPSA) is 92.8 Å². The molecule has 0 aliphatic carbocycles. The van der Waals surface area contributed by atoms with Crippen molar-refractivity contribution in [1.82, 2.24) is 0 Å². The van der Waals surface area contributed by atoms with Gasteiger partial charge in [-0.1, -0.05) is 23.7 Å². The Bertz CT molecular complexity index is 1040. The molecule has 0 saturated heterocycles. The normalized spacial score (nSPS) is 11.1. The second kappa shape index (κ2) is 9.28. The van der Waals surface area contributed by atoms with Crippen LogP contribution in [0, 0.1) is 13.8 Å². The number of hydrogen-bond donors (Lipinski definition) is 1. The monoisotopic (exact) mass is 438 g/mol. The summed E-state index contributed by atoms with van der Waals surface area (Å²) in [7, 11) is -3.73.